The Morgan fingerprint density at radius 1 is 1.11 bits per heavy atom. The number of nitrogens with zero attached hydrogens (tertiary/aromatic N) is 2. The Morgan fingerprint density at radius 3 is 2.50 bits per heavy atom. The fourth-order valence-corrected chi connectivity index (χ4v) is 5.38. The van der Waals surface area contributed by atoms with Gasteiger partial charge in [-0.05, 0) is 61.7 Å². The monoisotopic (exact) mass is 420 g/mol. The highest BCUT2D eigenvalue weighted by Crippen LogP contribution is 2.41. The highest BCUT2D eigenvalue weighted by Gasteiger charge is 2.39. The van der Waals surface area contributed by atoms with Crippen LogP contribution in [0.5, 0.6) is 5.75 Å². The number of fused-ring (bicyclic) bond motifs is 1. The van der Waals surface area contributed by atoms with Crippen molar-refractivity contribution >= 4 is 21.6 Å². The molecule has 0 amide bonds. The molecule has 150 valence electrons. The maximum absolute atomic E-state index is 12.3. The van der Waals surface area contributed by atoms with E-state index in [1.165, 1.54) is 48.4 Å². The van der Waals surface area contributed by atoms with E-state index in [4.69, 9.17) is 16.3 Å². The molecule has 7 heteroatoms. The van der Waals surface area contributed by atoms with Crippen LogP contribution in [0.25, 0.3) is 0 Å². The van der Waals surface area contributed by atoms with Gasteiger partial charge in [-0.3, -0.25) is 4.90 Å². The summed E-state index contributed by atoms with van der Waals surface area (Å²) in [5.74, 6) is 0.519. The quantitative estimate of drug-likeness (QED) is 0.739. The Balaban J connectivity index is 1.64. The summed E-state index contributed by atoms with van der Waals surface area (Å²) in [6, 6.07) is 13.4. The van der Waals surface area contributed by atoms with Crippen molar-refractivity contribution in [1.29, 1.82) is 0 Å². The summed E-state index contributed by atoms with van der Waals surface area (Å²) in [4.78, 5) is 2.67. The molecule has 0 N–H and O–H groups in total. The van der Waals surface area contributed by atoms with E-state index in [1.807, 2.05) is 6.07 Å². The number of halogens is 1. The van der Waals surface area contributed by atoms with Gasteiger partial charge in [0.1, 0.15) is 11.9 Å². The molecule has 1 fully saturated rings. The minimum atomic E-state index is -3.53. The number of likely N-dealkylation sites (tertiary alicyclic amines) is 1. The van der Waals surface area contributed by atoms with Gasteiger partial charge in [0.2, 0.25) is 10.0 Å². The fourth-order valence-electron chi connectivity index (χ4n) is 4.16. The third-order valence-corrected chi connectivity index (χ3v) is 7.79. The Bertz CT molecular complexity index is 971. The first-order valence-corrected chi connectivity index (χ1v) is 11.4. The van der Waals surface area contributed by atoms with Crippen LogP contribution in [0.1, 0.15) is 30.1 Å². The Morgan fingerprint density at radius 2 is 1.82 bits per heavy atom. The van der Waals surface area contributed by atoms with Crippen molar-refractivity contribution < 1.29 is 13.2 Å². The fraction of sp³-hybridized carbons (Fsp3) is 0.429. The van der Waals surface area contributed by atoms with Crippen LogP contribution in [0.2, 0.25) is 5.02 Å². The molecular formula is C21H25ClN2O3S. The lowest BCUT2D eigenvalue weighted by Crippen LogP contribution is -2.38. The van der Waals surface area contributed by atoms with E-state index in [0.29, 0.717) is 10.8 Å². The predicted octanol–water partition coefficient (Wildman–Crippen LogP) is 3.73. The minimum Gasteiger partial charge on any atom is -0.482 e. The van der Waals surface area contributed by atoms with Crippen LogP contribution in [0.15, 0.2) is 47.4 Å². The number of ether oxygens (including phenoxy) is 1. The van der Waals surface area contributed by atoms with E-state index in [2.05, 4.69) is 23.1 Å². The lowest BCUT2D eigenvalue weighted by atomic mass is 10.1. The summed E-state index contributed by atoms with van der Waals surface area (Å²) in [5, 5.41) is 0.312. The van der Waals surface area contributed by atoms with Crippen LogP contribution in [0.3, 0.4) is 0 Å². The highest BCUT2D eigenvalue weighted by atomic mass is 35.5. The van der Waals surface area contributed by atoms with Crippen LogP contribution >= 0.6 is 11.6 Å². The summed E-state index contributed by atoms with van der Waals surface area (Å²) in [6.07, 6.45) is 3.29. The molecule has 2 aromatic carbocycles. The normalized spacial score (nSPS) is 22.6. The van der Waals surface area contributed by atoms with Gasteiger partial charge in [0, 0.05) is 14.1 Å². The second-order valence-corrected chi connectivity index (χ2v) is 10.2. The summed E-state index contributed by atoms with van der Waals surface area (Å²) in [7, 11) is -0.523. The first kappa shape index (κ1) is 19.7. The van der Waals surface area contributed by atoms with Crippen molar-refractivity contribution in [2.24, 2.45) is 0 Å². The Hall–Kier alpha value is -1.60. The smallest absolute Gasteiger partial charge is 0.242 e. The Kier molecular flexibility index (Phi) is 5.40. The zero-order valence-electron chi connectivity index (χ0n) is 16.1. The van der Waals surface area contributed by atoms with Gasteiger partial charge in [-0.1, -0.05) is 35.9 Å². The summed E-state index contributed by atoms with van der Waals surface area (Å²) in [5.41, 5.74) is 2.51. The van der Waals surface area contributed by atoms with Gasteiger partial charge in [0.25, 0.3) is 0 Å². The van der Waals surface area contributed by atoms with Crippen LogP contribution in [-0.2, 0) is 16.4 Å². The van der Waals surface area contributed by atoms with E-state index in [-0.39, 0.29) is 17.0 Å². The highest BCUT2D eigenvalue weighted by molar-refractivity contribution is 7.89. The standard InChI is InChI=1S/C21H25ClN2O3S/c1-23(2)28(25,26)16-9-10-20(18(22)14-16)27-21-17-8-4-3-7-15(17)13-19(21)24-11-5-6-12-24/h3-4,7-10,14,19,21H,5-6,11-13H2,1-2H3/t19?,21-/m0/s1. The van der Waals surface area contributed by atoms with Crippen LogP contribution < -0.4 is 4.74 Å². The van der Waals surface area contributed by atoms with Gasteiger partial charge < -0.3 is 4.74 Å². The van der Waals surface area contributed by atoms with Crippen molar-refractivity contribution in [2.75, 3.05) is 27.2 Å². The second kappa shape index (κ2) is 7.67. The van der Waals surface area contributed by atoms with Gasteiger partial charge in [-0.15, -0.1) is 0 Å². The van der Waals surface area contributed by atoms with E-state index >= 15 is 0 Å². The maximum Gasteiger partial charge on any atom is 0.242 e. The number of hydrogen-bond acceptors (Lipinski definition) is 4. The number of rotatable bonds is 5. The number of hydrogen-bond donors (Lipinski definition) is 0. The Labute approximate surface area is 171 Å². The third kappa shape index (κ3) is 3.54. The molecule has 1 saturated heterocycles. The molecule has 1 aliphatic carbocycles. The predicted molar refractivity (Wildman–Crippen MR) is 110 cm³/mol. The molecule has 1 aliphatic heterocycles. The van der Waals surface area contributed by atoms with Crippen LogP contribution in [-0.4, -0.2) is 50.8 Å². The van der Waals surface area contributed by atoms with E-state index in [0.717, 1.165) is 19.5 Å². The molecular weight excluding hydrogens is 396 g/mol. The van der Waals surface area contributed by atoms with Gasteiger partial charge in [-0.2, -0.15) is 0 Å². The summed E-state index contributed by atoms with van der Waals surface area (Å²) < 4.78 is 32.3. The molecule has 0 radical (unpaired) electrons. The van der Waals surface area contributed by atoms with Crippen molar-refractivity contribution in [3.63, 3.8) is 0 Å². The zero-order chi connectivity index (χ0) is 19.9. The van der Waals surface area contributed by atoms with E-state index < -0.39 is 10.0 Å². The third-order valence-electron chi connectivity index (χ3n) is 5.69. The number of sulfonamides is 1. The van der Waals surface area contributed by atoms with E-state index in [9.17, 15) is 8.42 Å². The topological polar surface area (TPSA) is 49.9 Å². The van der Waals surface area contributed by atoms with Gasteiger partial charge >= 0.3 is 0 Å². The molecule has 1 heterocycles. The molecule has 0 saturated carbocycles. The zero-order valence-corrected chi connectivity index (χ0v) is 17.7. The van der Waals surface area contributed by atoms with Crippen molar-refractivity contribution in [2.45, 2.75) is 36.3 Å². The molecule has 2 aliphatic rings. The molecule has 2 atom stereocenters. The molecule has 0 spiro atoms. The molecule has 0 bridgehead atoms. The van der Waals surface area contributed by atoms with Gasteiger partial charge in [0.15, 0.2) is 0 Å². The van der Waals surface area contributed by atoms with Crippen molar-refractivity contribution in [3.8, 4) is 5.75 Å². The van der Waals surface area contributed by atoms with Crippen molar-refractivity contribution in [1.82, 2.24) is 9.21 Å². The van der Waals surface area contributed by atoms with Crippen LogP contribution in [0.4, 0.5) is 0 Å². The summed E-state index contributed by atoms with van der Waals surface area (Å²) >= 11 is 6.43. The lowest BCUT2D eigenvalue weighted by molar-refractivity contribution is 0.0941. The van der Waals surface area contributed by atoms with Crippen LogP contribution in [0, 0.1) is 0 Å². The first-order valence-electron chi connectivity index (χ1n) is 9.58. The SMILES string of the molecule is CN(C)S(=O)(=O)c1ccc(O[C@H]2c3ccccc3CC2N2CCCC2)c(Cl)c1. The van der Waals surface area contributed by atoms with Gasteiger partial charge in [-0.25, -0.2) is 12.7 Å². The molecule has 4 rings (SSSR count). The molecule has 5 nitrogen and oxygen atoms in total. The maximum atomic E-state index is 12.3. The number of benzene rings is 2. The molecule has 1 unspecified atom stereocenters. The van der Waals surface area contributed by atoms with Gasteiger partial charge in [0.05, 0.1) is 16.0 Å². The molecule has 0 aromatic heterocycles. The second-order valence-electron chi connectivity index (χ2n) is 7.63. The average Bonchev–Trinajstić information content (AvgIpc) is 3.31. The van der Waals surface area contributed by atoms with Crippen molar-refractivity contribution in [3.05, 3.63) is 58.6 Å². The lowest BCUT2D eigenvalue weighted by Gasteiger charge is -2.30. The van der Waals surface area contributed by atoms with E-state index in [1.54, 1.807) is 12.1 Å². The minimum absolute atomic E-state index is 0.108. The first-order chi connectivity index (χ1) is 13.4. The molecule has 2 aromatic rings. The largest absolute Gasteiger partial charge is 0.482 e. The summed E-state index contributed by atoms with van der Waals surface area (Å²) in [6.45, 7) is 2.18. The average molecular weight is 421 g/mol. The molecule has 28 heavy (non-hydrogen) atoms.